The maximum absolute atomic E-state index is 12.3. The average molecular weight is 384 g/mol. The van der Waals surface area contributed by atoms with Crippen LogP contribution in [0.15, 0.2) is 36.4 Å². The van der Waals surface area contributed by atoms with Crippen molar-refractivity contribution in [2.24, 2.45) is 5.92 Å². The quantitative estimate of drug-likeness (QED) is 0.631. The Hall–Kier alpha value is -1.94. The molecule has 1 aliphatic rings. The van der Waals surface area contributed by atoms with Gasteiger partial charge >= 0.3 is 5.97 Å². The maximum Gasteiger partial charge on any atom is 0.313 e. The van der Waals surface area contributed by atoms with Crippen LogP contribution < -0.4 is 10.7 Å². The number of carbonyl (C=O) groups is 1. The predicted molar refractivity (Wildman–Crippen MR) is 114 cm³/mol. The number of aryl methyl sites for hydroxylation is 1. The number of aromatic nitrogens is 1. The summed E-state index contributed by atoms with van der Waals surface area (Å²) in [4.78, 5) is 13.3. The Kier molecular flexibility index (Phi) is 6.48. The van der Waals surface area contributed by atoms with Crippen molar-refractivity contribution in [3.05, 3.63) is 58.2 Å². The summed E-state index contributed by atoms with van der Waals surface area (Å²) in [6, 6.07) is 12.8. The van der Waals surface area contributed by atoms with Crippen LogP contribution in [0.25, 0.3) is 11.0 Å². The van der Waals surface area contributed by atoms with Gasteiger partial charge in [0.05, 0.1) is 17.4 Å². The highest BCUT2D eigenvalue weighted by atomic mass is 32.1. The van der Waals surface area contributed by atoms with Crippen LogP contribution in [0.2, 0.25) is 0 Å². The van der Waals surface area contributed by atoms with E-state index in [9.17, 15) is 4.79 Å². The van der Waals surface area contributed by atoms with Gasteiger partial charge in [-0.3, -0.25) is 4.79 Å². The first-order valence-electron chi connectivity index (χ1n) is 9.90. The summed E-state index contributed by atoms with van der Waals surface area (Å²) >= 11 is 4.86. The zero-order valence-electron chi connectivity index (χ0n) is 16.4. The van der Waals surface area contributed by atoms with E-state index in [4.69, 9.17) is 17.4 Å². The van der Waals surface area contributed by atoms with Gasteiger partial charge in [-0.15, -0.1) is 12.6 Å². The van der Waals surface area contributed by atoms with E-state index in [-0.39, 0.29) is 18.0 Å². The summed E-state index contributed by atoms with van der Waals surface area (Å²) in [6.45, 7) is 6.87. The molecule has 0 saturated carbocycles. The minimum atomic E-state index is -0.173. The molecular weight excluding hydrogens is 354 g/mol. The van der Waals surface area contributed by atoms with E-state index < -0.39 is 0 Å². The van der Waals surface area contributed by atoms with Gasteiger partial charge in [0.1, 0.15) is 0 Å². The topological polar surface area (TPSA) is 31.2 Å². The van der Waals surface area contributed by atoms with E-state index in [1.807, 2.05) is 13.8 Å². The molecule has 1 aromatic carbocycles. The lowest BCUT2D eigenvalue weighted by Gasteiger charge is -2.13. The first-order valence-corrected chi connectivity index (χ1v) is 10.3. The number of ether oxygens (including phenoxy) is 1. The minimum absolute atomic E-state index is 0.0794. The van der Waals surface area contributed by atoms with E-state index in [0.717, 1.165) is 53.4 Å². The van der Waals surface area contributed by atoms with Crippen LogP contribution in [0.3, 0.4) is 0 Å². The highest BCUT2D eigenvalue weighted by Crippen LogP contribution is 2.19. The third kappa shape index (κ3) is 4.67. The van der Waals surface area contributed by atoms with E-state index in [1.54, 1.807) is 0 Å². The van der Waals surface area contributed by atoms with Crippen LogP contribution in [0.1, 0.15) is 51.2 Å². The second-order valence-electron chi connectivity index (χ2n) is 7.50. The summed E-state index contributed by atoms with van der Waals surface area (Å²) in [6.07, 6.45) is 5.95. The highest BCUT2D eigenvalue weighted by molar-refractivity contribution is 7.90. The number of carbonyl (C=O) groups excluding carboxylic acids is 1. The van der Waals surface area contributed by atoms with Gasteiger partial charge in [0, 0.05) is 16.8 Å². The maximum atomic E-state index is 12.3. The van der Waals surface area contributed by atoms with Crippen LogP contribution in [-0.4, -0.2) is 16.6 Å². The first-order chi connectivity index (χ1) is 13.0. The molecule has 0 radical (unpaired) electrons. The molecule has 2 heterocycles. The average Bonchev–Trinajstić information content (AvgIpc) is 2.90. The fourth-order valence-electron chi connectivity index (χ4n) is 3.66. The molecular formula is C23H29NO2S. The summed E-state index contributed by atoms with van der Waals surface area (Å²) in [5.74, 6) is -0.295. The Bertz CT molecular complexity index is 926. The number of benzene rings is 1. The van der Waals surface area contributed by atoms with Gasteiger partial charge in [0.15, 0.2) is 0 Å². The second-order valence-corrected chi connectivity index (χ2v) is 7.94. The van der Waals surface area contributed by atoms with Gasteiger partial charge in [-0.05, 0) is 62.4 Å². The predicted octanol–water partition coefficient (Wildman–Crippen LogP) is 3.67. The fourth-order valence-corrected chi connectivity index (χ4v) is 3.99. The van der Waals surface area contributed by atoms with Crippen molar-refractivity contribution in [3.63, 3.8) is 0 Å². The Morgan fingerprint density at radius 2 is 2.11 bits per heavy atom. The molecule has 0 N–H and O–H groups in total. The lowest BCUT2D eigenvalue weighted by atomic mass is 10.0. The second kappa shape index (κ2) is 8.83. The largest absolute Gasteiger partial charge is 0.463 e. The lowest BCUT2D eigenvalue weighted by molar-refractivity contribution is -0.150. The molecule has 0 aliphatic carbocycles. The molecule has 27 heavy (non-hydrogen) atoms. The van der Waals surface area contributed by atoms with Crippen molar-refractivity contribution in [3.8, 4) is 0 Å². The molecule has 1 unspecified atom stereocenters. The first kappa shape index (κ1) is 19.8. The van der Waals surface area contributed by atoms with Gasteiger partial charge in [-0.1, -0.05) is 37.6 Å². The number of hydrogen-bond donors (Lipinski definition) is 1. The van der Waals surface area contributed by atoms with Crippen LogP contribution in [0.5, 0.6) is 0 Å². The molecule has 2 aromatic rings. The Labute approximate surface area is 167 Å². The molecule has 144 valence electrons. The number of esters is 1. The van der Waals surface area contributed by atoms with Crippen molar-refractivity contribution < 1.29 is 9.53 Å². The molecule has 1 atom stereocenters. The zero-order chi connectivity index (χ0) is 19.4. The van der Waals surface area contributed by atoms with Gasteiger partial charge in [0.25, 0.3) is 0 Å². The van der Waals surface area contributed by atoms with Crippen molar-refractivity contribution in [2.45, 2.75) is 59.1 Å². The SMILES string of the molecule is CCCc1cccc(C(S)=c2ccc3n2CCCC(C(=O)OC(C)C)C=3)c1. The molecule has 1 aliphatic heterocycles. The molecule has 0 amide bonds. The van der Waals surface area contributed by atoms with Gasteiger partial charge in [-0.2, -0.15) is 0 Å². The smallest absolute Gasteiger partial charge is 0.313 e. The normalized spacial score (nSPS) is 17.7. The van der Waals surface area contributed by atoms with Crippen molar-refractivity contribution in [1.29, 1.82) is 0 Å². The third-order valence-corrected chi connectivity index (χ3v) is 5.41. The molecule has 0 fully saturated rings. The summed E-state index contributed by atoms with van der Waals surface area (Å²) in [7, 11) is 0. The Balaban J connectivity index is 2.01. The van der Waals surface area contributed by atoms with Crippen LogP contribution in [0, 0.1) is 5.92 Å². The molecule has 0 spiro atoms. The number of fused-ring (bicyclic) bond motifs is 1. The number of thiol groups is 1. The number of hydrogen-bond acceptors (Lipinski definition) is 3. The molecule has 0 bridgehead atoms. The molecule has 1 aromatic heterocycles. The van der Waals surface area contributed by atoms with Gasteiger partial charge in [0.2, 0.25) is 0 Å². The van der Waals surface area contributed by atoms with E-state index >= 15 is 0 Å². The summed E-state index contributed by atoms with van der Waals surface area (Å²) in [5.41, 5.74) is 2.48. The lowest BCUT2D eigenvalue weighted by Crippen LogP contribution is -2.27. The van der Waals surface area contributed by atoms with E-state index in [0.29, 0.717) is 0 Å². The summed E-state index contributed by atoms with van der Waals surface area (Å²) in [5, 5.41) is 2.18. The Morgan fingerprint density at radius 3 is 2.85 bits per heavy atom. The van der Waals surface area contributed by atoms with Crippen molar-refractivity contribution >= 4 is 29.6 Å². The van der Waals surface area contributed by atoms with E-state index in [1.165, 1.54) is 5.56 Å². The standard InChI is InChI=1S/C23H29NO2S/c1-4-7-17-8-5-9-18(14-17)22(27)21-12-11-20-15-19(10-6-13-24(20)21)23(25)26-16(2)3/h5,8-9,11-12,14-16,19,27H,4,6-7,10,13H2,1-3H3. The fraction of sp³-hybridized carbons (Fsp3) is 0.435. The monoisotopic (exact) mass is 383 g/mol. The number of rotatable bonds is 5. The van der Waals surface area contributed by atoms with Crippen molar-refractivity contribution in [1.82, 2.24) is 4.57 Å². The van der Waals surface area contributed by atoms with Gasteiger partial charge < -0.3 is 9.30 Å². The molecule has 3 nitrogen and oxygen atoms in total. The summed E-state index contributed by atoms with van der Waals surface area (Å²) < 4.78 is 7.70. The third-order valence-electron chi connectivity index (χ3n) is 4.92. The highest BCUT2D eigenvalue weighted by Gasteiger charge is 2.21. The Morgan fingerprint density at radius 1 is 1.30 bits per heavy atom. The van der Waals surface area contributed by atoms with E-state index in [2.05, 4.69) is 54.0 Å². The molecule has 4 heteroatoms. The molecule has 3 rings (SSSR count). The van der Waals surface area contributed by atoms with Crippen molar-refractivity contribution in [2.75, 3.05) is 0 Å². The van der Waals surface area contributed by atoms with Gasteiger partial charge in [-0.25, -0.2) is 0 Å². The minimum Gasteiger partial charge on any atom is -0.463 e. The van der Waals surface area contributed by atoms with Crippen LogP contribution >= 0.6 is 12.6 Å². The number of nitrogens with zero attached hydrogens (tertiary/aromatic N) is 1. The van der Waals surface area contributed by atoms with Crippen LogP contribution in [0.4, 0.5) is 0 Å². The molecule has 0 saturated heterocycles. The van der Waals surface area contributed by atoms with Crippen LogP contribution in [-0.2, 0) is 22.5 Å². The zero-order valence-corrected chi connectivity index (χ0v) is 17.3.